The van der Waals surface area contributed by atoms with Crippen molar-refractivity contribution in [3.63, 3.8) is 0 Å². The molecule has 4 N–H and O–H groups in total. The molecule has 0 spiro atoms. The molecule has 1 aliphatic heterocycles. The summed E-state index contributed by atoms with van der Waals surface area (Å²) in [5.41, 5.74) is 11.3. The van der Waals surface area contributed by atoms with E-state index in [-0.39, 0.29) is 17.2 Å². The maximum absolute atomic E-state index is 13.3. The van der Waals surface area contributed by atoms with Gasteiger partial charge in [0.1, 0.15) is 0 Å². The number of hydrogen-bond acceptors (Lipinski definition) is 4. The van der Waals surface area contributed by atoms with Gasteiger partial charge in [0.2, 0.25) is 0 Å². The number of nitrogens with zero attached hydrogens (tertiary/aromatic N) is 2. The van der Waals surface area contributed by atoms with E-state index >= 15 is 0 Å². The van der Waals surface area contributed by atoms with Crippen molar-refractivity contribution in [1.82, 2.24) is 19.9 Å². The number of carbonyl (C=O) groups is 1. The molecule has 2 aromatic heterocycles. The van der Waals surface area contributed by atoms with Crippen LogP contribution in [0.1, 0.15) is 34.7 Å². The largest absolute Gasteiger partial charge is 0.396 e. The molecule has 7 nitrogen and oxygen atoms in total. The van der Waals surface area contributed by atoms with E-state index < -0.39 is 0 Å². The molecule has 0 aliphatic carbocycles. The molecule has 6 rings (SSSR count). The predicted octanol–water partition coefficient (Wildman–Crippen LogP) is 4.67. The zero-order valence-corrected chi connectivity index (χ0v) is 19.1. The van der Waals surface area contributed by atoms with Gasteiger partial charge in [-0.15, -0.1) is 0 Å². The topological polar surface area (TPSA) is 108 Å². The van der Waals surface area contributed by atoms with Crippen molar-refractivity contribution < 1.29 is 4.79 Å². The van der Waals surface area contributed by atoms with Gasteiger partial charge in [-0.05, 0) is 54.7 Å². The Kier molecular flexibility index (Phi) is 5.10. The Morgan fingerprint density at radius 1 is 0.914 bits per heavy atom. The van der Waals surface area contributed by atoms with Crippen LogP contribution < -0.4 is 11.3 Å². The second kappa shape index (κ2) is 8.43. The van der Waals surface area contributed by atoms with Gasteiger partial charge in [-0.2, -0.15) is 0 Å². The fourth-order valence-corrected chi connectivity index (χ4v) is 5.06. The average Bonchev–Trinajstić information content (AvgIpc) is 3.24. The third kappa shape index (κ3) is 3.75. The van der Waals surface area contributed by atoms with Crippen LogP contribution in [-0.4, -0.2) is 38.8 Å². The number of para-hydroxylation sites is 2. The fraction of sp³-hybridized carbons (Fsp3) is 0.179. The number of rotatable bonds is 3. The molecule has 174 valence electrons. The number of fused-ring (bicyclic) bond motifs is 2. The number of aromatic amines is 2. The summed E-state index contributed by atoms with van der Waals surface area (Å²) >= 11 is 0. The molecule has 1 saturated heterocycles. The van der Waals surface area contributed by atoms with Crippen LogP contribution in [0.2, 0.25) is 0 Å². The molecule has 5 aromatic rings. The van der Waals surface area contributed by atoms with E-state index in [0.717, 1.165) is 31.4 Å². The second-order valence-corrected chi connectivity index (χ2v) is 9.08. The molecule has 7 heteroatoms. The van der Waals surface area contributed by atoms with Crippen LogP contribution in [0, 0.1) is 0 Å². The van der Waals surface area contributed by atoms with Gasteiger partial charge in [0.25, 0.3) is 11.5 Å². The Bertz CT molecular complexity index is 1610. The van der Waals surface area contributed by atoms with Crippen molar-refractivity contribution >= 4 is 33.5 Å². The first-order valence-electron chi connectivity index (χ1n) is 11.8. The minimum absolute atomic E-state index is 0.00207. The van der Waals surface area contributed by atoms with Gasteiger partial charge >= 0.3 is 0 Å². The quantitative estimate of drug-likeness (QED) is 0.361. The van der Waals surface area contributed by atoms with E-state index in [1.165, 1.54) is 5.56 Å². The lowest BCUT2D eigenvalue weighted by Gasteiger charge is -2.32. The molecule has 1 amide bonds. The maximum atomic E-state index is 13.3. The first-order chi connectivity index (χ1) is 17.1. The molecular formula is C28H25N5O2. The maximum Gasteiger partial charge on any atom is 0.276 e. The molecule has 0 atom stereocenters. The van der Waals surface area contributed by atoms with E-state index in [9.17, 15) is 9.59 Å². The van der Waals surface area contributed by atoms with Crippen molar-refractivity contribution in [1.29, 1.82) is 0 Å². The molecule has 0 radical (unpaired) electrons. The molecule has 3 aromatic carbocycles. The van der Waals surface area contributed by atoms with Gasteiger partial charge in [0, 0.05) is 29.6 Å². The van der Waals surface area contributed by atoms with Gasteiger partial charge in [-0.1, -0.05) is 42.5 Å². The van der Waals surface area contributed by atoms with Crippen LogP contribution in [-0.2, 0) is 0 Å². The summed E-state index contributed by atoms with van der Waals surface area (Å²) in [7, 11) is 0. The van der Waals surface area contributed by atoms with E-state index in [1.54, 1.807) is 0 Å². The predicted molar refractivity (Wildman–Crippen MR) is 138 cm³/mol. The summed E-state index contributed by atoms with van der Waals surface area (Å²) in [4.78, 5) is 38.5. The monoisotopic (exact) mass is 463 g/mol. The summed E-state index contributed by atoms with van der Waals surface area (Å²) in [5, 5.41) is 0.708. The number of carbonyl (C=O) groups excluding carboxylic acids is 1. The lowest BCUT2D eigenvalue weighted by molar-refractivity contribution is 0.0713. The molecule has 0 saturated carbocycles. The van der Waals surface area contributed by atoms with Crippen molar-refractivity contribution in [3.8, 4) is 11.4 Å². The summed E-state index contributed by atoms with van der Waals surface area (Å²) in [6.07, 6.45) is 1.90. The minimum atomic E-state index is -0.320. The van der Waals surface area contributed by atoms with Gasteiger partial charge in [0.05, 0.1) is 22.4 Å². The minimum Gasteiger partial charge on any atom is -0.396 e. The smallest absolute Gasteiger partial charge is 0.276 e. The van der Waals surface area contributed by atoms with Gasteiger partial charge in [0.15, 0.2) is 5.69 Å². The van der Waals surface area contributed by atoms with Crippen molar-refractivity contribution in [3.05, 3.63) is 94.3 Å². The molecule has 0 unspecified atom stereocenters. The Labute approximate surface area is 201 Å². The summed E-state index contributed by atoms with van der Waals surface area (Å²) < 4.78 is 0. The zero-order chi connectivity index (χ0) is 23.9. The number of H-pyrrole nitrogens is 2. The summed E-state index contributed by atoms with van der Waals surface area (Å²) in [6, 6.07) is 23.3. The highest BCUT2D eigenvalue weighted by Gasteiger charge is 2.25. The molecule has 1 aliphatic rings. The molecular weight excluding hydrogens is 438 g/mol. The fourth-order valence-electron chi connectivity index (χ4n) is 5.06. The molecule has 1 fully saturated rings. The third-order valence-electron chi connectivity index (χ3n) is 6.98. The number of anilines is 1. The highest BCUT2D eigenvalue weighted by Crippen LogP contribution is 2.33. The first kappa shape index (κ1) is 21.2. The average molecular weight is 464 g/mol. The highest BCUT2D eigenvalue weighted by molar-refractivity contribution is 6.04. The number of nitrogens with one attached hydrogen (secondary N) is 2. The van der Waals surface area contributed by atoms with Crippen molar-refractivity contribution in [2.75, 3.05) is 18.8 Å². The van der Waals surface area contributed by atoms with Crippen LogP contribution in [0.4, 0.5) is 5.69 Å². The first-order valence-corrected chi connectivity index (χ1v) is 11.8. The van der Waals surface area contributed by atoms with E-state index in [4.69, 9.17) is 5.73 Å². The number of aromatic nitrogens is 3. The number of nitrogen functional groups attached to an aromatic ring is 1. The number of benzene rings is 3. The highest BCUT2D eigenvalue weighted by atomic mass is 16.2. The number of piperidine rings is 1. The van der Waals surface area contributed by atoms with Crippen LogP contribution in [0.5, 0.6) is 0 Å². The van der Waals surface area contributed by atoms with Crippen molar-refractivity contribution in [2.45, 2.75) is 18.8 Å². The van der Waals surface area contributed by atoms with Gasteiger partial charge in [-0.3, -0.25) is 9.59 Å². The standard InChI is InChI=1S/C28H25N5O2/c29-24-20-16-19(28(35)33-14-12-18(13-15-33)17-6-2-1-3-7-17)10-11-21(20)30-25(24)26-27(34)32-23-9-5-4-8-22(23)31-26/h1-11,16,18,30H,12-15,29H2,(H,32,34). The normalized spacial score (nSPS) is 14.6. The van der Waals surface area contributed by atoms with Crippen molar-refractivity contribution in [2.24, 2.45) is 0 Å². The number of hydrogen-bond donors (Lipinski definition) is 3. The SMILES string of the molecule is Nc1c(-c2nc3ccccc3[nH]c2=O)[nH]c2ccc(C(=O)N3CCC(c4ccccc4)CC3)cc12. The van der Waals surface area contributed by atoms with E-state index in [0.29, 0.717) is 39.3 Å². The van der Waals surface area contributed by atoms with Crippen LogP contribution in [0.15, 0.2) is 77.6 Å². The lowest BCUT2D eigenvalue weighted by Crippen LogP contribution is -2.37. The zero-order valence-electron chi connectivity index (χ0n) is 19.1. The lowest BCUT2D eigenvalue weighted by atomic mass is 9.89. The van der Waals surface area contributed by atoms with Gasteiger partial charge in [-0.25, -0.2) is 4.98 Å². The number of nitrogens with two attached hydrogens (primary N) is 1. The third-order valence-corrected chi connectivity index (χ3v) is 6.98. The summed E-state index contributed by atoms with van der Waals surface area (Å²) in [6.45, 7) is 1.45. The van der Waals surface area contributed by atoms with Gasteiger partial charge < -0.3 is 20.6 Å². The van der Waals surface area contributed by atoms with Crippen LogP contribution >= 0.6 is 0 Å². The summed E-state index contributed by atoms with van der Waals surface area (Å²) in [5.74, 6) is 0.486. The Morgan fingerprint density at radius 3 is 2.46 bits per heavy atom. The molecule has 35 heavy (non-hydrogen) atoms. The molecule has 3 heterocycles. The Hall–Kier alpha value is -4.39. The molecule has 0 bridgehead atoms. The van der Waals surface area contributed by atoms with E-state index in [2.05, 4.69) is 39.2 Å². The van der Waals surface area contributed by atoms with E-state index in [1.807, 2.05) is 53.4 Å². The number of amides is 1. The van der Waals surface area contributed by atoms with Crippen LogP contribution in [0.3, 0.4) is 0 Å². The second-order valence-electron chi connectivity index (χ2n) is 9.08. The Morgan fingerprint density at radius 2 is 1.66 bits per heavy atom. The Balaban J connectivity index is 1.28. The number of likely N-dealkylation sites (tertiary alicyclic amines) is 1. The van der Waals surface area contributed by atoms with Crippen LogP contribution in [0.25, 0.3) is 33.3 Å².